The Hall–Kier alpha value is -1.50. The van der Waals surface area contributed by atoms with Crippen molar-refractivity contribution in [2.75, 3.05) is 26.2 Å². The molecule has 6 heteroatoms. The van der Waals surface area contributed by atoms with E-state index in [-0.39, 0.29) is 6.10 Å². The molecule has 0 aromatic carbocycles. The van der Waals surface area contributed by atoms with E-state index in [1.54, 1.807) is 23.7 Å². The third-order valence-corrected chi connectivity index (χ3v) is 5.22. The Balaban J connectivity index is 1.33. The van der Waals surface area contributed by atoms with Crippen molar-refractivity contribution in [3.8, 4) is 5.75 Å². The minimum absolute atomic E-state index is 0.261. The molecule has 2 saturated heterocycles. The third-order valence-electron chi connectivity index (χ3n) is 4.49. The molecule has 4 rings (SSSR count). The van der Waals surface area contributed by atoms with E-state index < -0.39 is 0 Å². The van der Waals surface area contributed by atoms with Gasteiger partial charge < -0.3 is 4.74 Å². The summed E-state index contributed by atoms with van der Waals surface area (Å²) in [7, 11) is 0. The molecule has 2 fully saturated rings. The number of nitrogens with zero attached hydrogens (tertiary/aromatic N) is 4. The highest BCUT2D eigenvalue weighted by atomic mass is 32.1. The smallest absolute Gasteiger partial charge is 0.156 e. The Labute approximate surface area is 134 Å². The third kappa shape index (κ3) is 3.14. The zero-order valence-electron chi connectivity index (χ0n) is 12.5. The Bertz CT molecular complexity index is 591. The molecule has 2 aromatic heterocycles. The lowest BCUT2D eigenvalue weighted by atomic mass is 10.1. The van der Waals surface area contributed by atoms with E-state index in [0.717, 1.165) is 44.9 Å². The average Bonchev–Trinajstić information content (AvgIpc) is 3.17. The van der Waals surface area contributed by atoms with Gasteiger partial charge in [0.1, 0.15) is 12.4 Å². The molecule has 0 N–H and O–H groups in total. The van der Waals surface area contributed by atoms with Crippen LogP contribution in [0, 0.1) is 0 Å². The molecule has 22 heavy (non-hydrogen) atoms. The molecule has 0 saturated carbocycles. The first-order chi connectivity index (χ1) is 10.9. The minimum atomic E-state index is 0.261. The molecule has 116 valence electrons. The van der Waals surface area contributed by atoms with Gasteiger partial charge in [-0.3, -0.25) is 9.80 Å². The zero-order chi connectivity index (χ0) is 14.8. The monoisotopic (exact) mass is 316 g/mol. The fourth-order valence-electron chi connectivity index (χ4n) is 3.47. The van der Waals surface area contributed by atoms with Gasteiger partial charge in [-0.1, -0.05) is 0 Å². The first-order valence-electron chi connectivity index (χ1n) is 7.76. The summed E-state index contributed by atoms with van der Waals surface area (Å²) < 4.78 is 6.02. The first-order valence-corrected chi connectivity index (χ1v) is 8.70. The van der Waals surface area contributed by atoms with E-state index >= 15 is 0 Å². The lowest BCUT2D eigenvalue weighted by Gasteiger charge is -2.37. The molecule has 2 aliphatic rings. The second kappa shape index (κ2) is 6.32. The summed E-state index contributed by atoms with van der Waals surface area (Å²) in [5.41, 5.74) is 1.44. The number of piperazine rings is 1. The van der Waals surface area contributed by atoms with Crippen LogP contribution < -0.4 is 4.74 Å². The Morgan fingerprint density at radius 2 is 2.14 bits per heavy atom. The van der Waals surface area contributed by atoms with E-state index in [9.17, 15) is 0 Å². The zero-order valence-corrected chi connectivity index (χ0v) is 13.3. The predicted octanol–water partition coefficient (Wildman–Crippen LogP) is 1.88. The summed E-state index contributed by atoms with van der Waals surface area (Å²) in [5, 5.41) is 4.41. The highest BCUT2D eigenvalue weighted by Gasteiger charge is 2.37. The summed E-state index contributed by atoms with van der Waals surface area (Å²) in [6.45, 7) is 5.52. The number of rotatable bonds is 4. The van der Waals surface area contributed by atoms with Crippen LogP contribution in [0.2, 0.25) is 0 Å². The molecule has 0 bridgehead atoms. The quantitative estimate of drug-likeness (QED) is 0.861. The average molecular weight is 316 g/mol. The molecule has 0 aliphatic carbocycles. The van der Waals surface area contributed by atoms with Crippen LogP contribution in [-0.4, -0.2) is 58.1 Å². The van der Waals surface area contributed by atoms with Gasteiger partial charge in [0.05, 0.1) is 12.4 Å². The number of thiophene rings is 1. The highest BCUT2D eigenvalue weighted by Crippen LogP contribution is 2.26. The second-order valence-corrected chi connectivity index (χ2v) is 6.85. The van der Waals surface area contributed by atoms with Crippen LogP contribution in [0.3, 0.4) is 0 Å². The van der Waals surface area contributed by atoms with Crippen molar-refractivity contribution in [2.24, 2.45) is 0 Å². The van der Waals surface area contributed by atoms with Crippen LogP contribution in [0.1, 0.15) is 12.0 Å². The molecule has 0 amide bonds. The topological polar surface area (TPSA) is 41.5 Å². The predicted molar refractivity (Wildman–Crippen MR) is 86.0 cm³/mol. The first kappa shape index (κ1) is 14.1. The molecule has 0 radical (unpaired) electrons. The number of fused-ring (bicyclic) bond motifs is 1. The second-order valence-electron chi connectivity index (χ2n) is 6.07. The van der Waals surface area contributed by atoms with Crippen LogP contribution in [0.15, 0.2) is 35.5 Å². The van der Waals surface area contributed by atoms with Crippen molar-refractivity contribution in [3.63, 3.8) is 0 Å². The Morgan fingerprint density at radius 1 is 1.23 bits per heavy atom. The van der Waals surface area contributed by atoms with Gasteiger partial charge in [-0.15, -0.1) is 0 Å². The van der Waals surface area contributed by atoms with Crippen molar-refractivity contribution in [1.82, 2.24) is 19.8 Å². The van der Waals surface area contributed by atoms with Crippen LogP contribution in [-0.2, 0) is 6.54 Å². The number of aromatic nitrogens is 2. The summed E-state index contributed by atoms with van der Waals surface area (Å²) in [4.78, 5) is 13.2. The van der Waals surface area contributed by atoms with Crippen molar-refractivity contribution in [1.29, 1.82) is 0 Å². The molecule has 0 unspecified atom stereocenters. The molecule has 2 aliphatic heterocycles. The Morgan fingerprint density at radius 3 is 2.95 bits per heavy atom. The maximum Gasteiger partial charge on any atom is 0.156 e. The van der Waals surface area contributed by atoms with Crippen LogP contribution in [0.25, 0.3) is 0 Å². The largest absolute Gasteiger partial charge is 0.486 e. The van der Waals surface area contributed by atoms with Gasteiger partial charge >= 0.3 is 0 Å². The molecule has 4 heterocycles. The van der Waals surface area contributed by atoms with Gasteiger partial charge in [0, 0.05) is 45.2 Å². The molecule has 2 atom stereocenters. The SMILES string of the molecule is c1ncc(O[C@@H]2C[C@@H]3CN(Cc4ccsc4)CCN3C2)cn1. The normalized spacial score (nSPS) is 26.0. The van der Waals surface area contributed by atoms with Gasteiger partial charge in [0.15, 0.2) is 5.75 Å². The minimum Gasteiger partial charge on any atom is -0.486 e. The highest BCUT2D eigenvalue weighted by molar-refractivity contribution is 7.07. The summed E-state index contributed by atoms with van der Waals surface area (Å²) in [6, 6.07) is 2.84. The maximum absolute atomic E-state index is 6.02. The molecule has 0 spiro atoms. The van der Waals surface area contributed by atoms with E-state index in [1.807, 2.05) is 0 Å². The van der Waals surface area contributed by atoms with Crippen molar-refractivity contribution < 1.29 is 4.74 Å². The summed E-state index contributed by atoms with van der Waals surface area (Å²) >= 11 is 1.78. The lowest BCUT2D eigenvalue weighted by Crippen LogP contribution is -2.49. The van der Waals surface area contributed by atoms with E-state index in [1.165, 1.54) is 11.9 Å². The number of hydrogen-bond donors (Lipinski definition) is 0. The van der Waals surface area contributed by atoms with Gasteiger partial charge in [0.2, 0.25) is 0 Å². The molecular weight excluding hydrogens is 296 g/mol. The van der Waals surface area contributed by atoms with Crippen molar-refractivity contribution in [2.45, 2.75) is 25.1 Å². The number of hydrogen-bond acceptors (Lipinski definition) is 6. The fourth-order valence-corrected chi connectivity index (χ4v) is 4.13. The lowest BCUT2D eigenvalue weighted by molar-refractivity contribution is 0.0979. The maximum atomic E-state index is 6.02. The van der Waals surface area contributed by atoms with E-state index in [4.69, 9.17) is 4.74 Å². The summed E-state index contributed by atoms with van der Waals surface area (Å²) in [6.07, 6.45) is 6.37. The van der Waals surface area contributed by atoms with Gasteiger partial charge in [-0.05, 0) is 22.4 Å². The van der Waals surface area contributed by atoms with Crippen molar-refractivity contribution >= 4 is 11.3 Å². The number of ether oxygens (including phenoxy) is 1. The van der Waals surface area contributed by atoms with E-state index in [2.05, 4.69) is 36.6 Å². The Kier molecular flexibility index (Phi) is 4.05. The van der Waals surface area contributed by atoms with Gasteiger partial charge in [0.25, 0.3) is 0 Å². The van der Waals surface area contributed by atoms with Crippen LogP contribution in [0.5, 0.6) is 5.75 Å². The van der Waals surface area contributed by atoms with Crippen LogP contribution in [0.4, 0.5) is 0 Å². The van der Waals surface area contributed by atoms with Crippen LogP contribution >= 0.6 is 11.3 Å². The van der Waals surface area contributed by atoms with Gasteiger partial charge in [-0.2, -0.15) is 11.3 Å². The fraction of sp³-hybridized carbons (Fsp3) is 0.500. The standard InChI is InChI=1S/C16H20N4OS/c1-4-22-11-13(1)8-19-2-3-20-10-15(5-14(20)9-19)21-16-6-17-12-18-7-16/h1,4,6-7,11-12,14-15H,2-3,5,8-10H2/t14-,15-/m1/s1. The van der Waals surface area contributed by atoms with Gasteiger partial charge in [-0.25, -0.2) is 9.97 Å². The summed E-state index contributed by atoms with van der Waals surface area (Å²) in [5.74, 6) is 0.780. The molecule has 5 nitrogen and oxygen atoms in total. The molecule has 2 aromatic rings. The van der Waals surface area contributed by atoms with E-state index in [0.29, 0.717) is 6.04 Å². The van der Waals surface area contributed by atoms with Crippen molar-refractivity contribution in [3.05, 3.63) is 41.1 Å². The molecular formula is C16H20N4OS.